The van der Waals surface area contributed by atoms with E-state index in [1.165, 1.54) is 16.7 Å². The molecule has 112 valence electrons. The number of carbonyl (C=O) groups excluding carboxylic acids is 1. The summed E-state index contributed by atoms with van der Waals surface area (Å²) < 4.78 is 1.65. The molecule has 0 atom stereocenters. The van der Waals surface area contributed by atoms with Gasteiger partial charge in [0.25, 0.3) is 0 Å². The zero-order valence-electron chi connectivity index (χ0n) is 11.8. The van der Waals surface area contributed by atoms with Crippen molar-refractivity contribution in [3.8, 4) is 0 Å². The Morgan fingerprint density at radius 1 is 1.43 bits per heavy atom. The predicted molar refractivity (Wildman–Crippen MR) is 77.5 cm³/mol. The number of hydrogen-bond donors (Lipinski definition) is 2. The van der Waals surface area contributed by atoms with Crippen molar-refractivity contribution in [2.45, 2.75) is 26.8 Å². The fraction of sp³-hybridized carbons (Fsp3) is 0.385. The molecular formula is C13H16N4O3S. The molecule has 2 N–H and O–H groups in total. The van der Waals surface area contributed by atoms with E-state index in [0.717, 1.165) is 11.4 Å². The summed E-state index contributed by atoms with van der Waals surface area (Å²) >= 11 is 1.28. The van der Waals surface area contributed by atoms with Gasteiger partial charge in [0, 0.05) is 24.0 Å². The fourth-order valence-corrected chi connectivity index (χ4v) is 2.63. The van der Waals surface area contributed by atoms with Crippen LogP contribution in [0.15, 0.2) is 11.4 Å². The molecule has 0 aliphatic heterocycles. The SMILES string of the molecule is Cc1cc(C)n(CC(=O)NCCc2nc(C(=O)O)cs2)n1. The standard InChI is InChI=1S/C13H16N4O3S/c1-8-5-9(2)17(16-8)6-11(18)14-4-3-12-15-10(7-21-12)13(19)20/h5,7H,3-4,6H2,1-2H3,(H,14,18)(H,19,20). The number of carboxylic acid groups (broad SMARTS) is 1. The minimum atomic E-state index is -1.04. The van der Waals surface area contributed by atoms with Crippen LogP contribution in [0.3, 0.4) is 0 Å². The lowest BCUT2D eigenvalue weighted by atomic mass is 10.4. The van der Waals surface area contributed by atoms with Crippen molar-refractivity contribution < 1.29 is 14.7 Å². The van der Waals surface area contributed by atoms with Crippen LogP contribution in [0.5, 0.6) is 0 Å². The molecular weight excluding hydrogens is 292 g/mol. The van der Waals surface area contributed by atoms with Gasteiger partial charge in [-0.2, -0.15) is 5.10 Å². The van der Waals surface area contributed by atoms with E-state index in [0.29, 0.717) is 18.0 Å². The molecule has 0 aliphatic rings. The van der Waals surface area contributed by atoms with Crippen LogP contribution in [-0.4, -0.2) is 38.3 Å². The first-order valence-corrected chi connectivity index (χ1v) is 7.29. The Hall–Kier alpha value is -2.22. The van der Waals surface area contributed by atoms with Crippen LogP contribution in [-0.2, 0) is 17.8 Å². The molecule has 2 aromatic rings. The monoisotopic (exact) mass is 308 g/mol. The molecule has 8 heteroatoms. The minimum Gasteiger partial charge on any atom is -0.476 e. The number of rotatable bonds is 6. The van der Waals surface area contributed by atoms with Crippen LogP contribution in [0.4, 0.5) is 0 Å². The fourth-order valence-electron chi connectivity index (χ4n) is 1.86. The molecule has 0 fully saturated rings. The molecule has 7 nitrogen and oxygen atoms in total. The van der Waals surface area contributed by atoms with Crippen LogP contribution in [0, 0.1) is 13.8 Å². The van der Waals surface area contributed by atoms with E-state index in [9.17, 15) is 9.59 Å². The van der Waals surface area contributed by atoms with E-state index in [-0.39, 0.29) is 18.1 Å². The molecule has 21 heavy (non-hydrogen) atoms. The van der Waals surface area contributed by atoms with Gasteiger partial charge in [0.1, 0.15) is 6.54 Å². The first-order chi connectivity index (χ1) is 9.95. The quantitative estimate of drug-likeness (QED) is 0.830. The molecule has 0 aliphatic carbocycles. The number of nitrogens with one attached hydrogen (secondary N) is 1. The van der Waals surface area contributed by atoms with Gasteiger partial charge in [0.2, 0.25) is 5.91 Å². The largest absolute Gasteiger partial charge is 0.476 e. The summed E-state index contributed by atoms with van der Waals surface area (Å²) in [6, 6.07) is 1.91. The molecule has 0 aromatic carbocycles. The highest BCUT2D eigenvalue weighted by Crippen LogP contribution is 2.09. The van der Waals surface area contributed by atoms with Crippen molar-refractivity contribution in [3.05, 3.63) is 33.5 Å². The molecule has 2 heterocycles. The van der Waals surface area contributed by atoms with Gasteiger partial charge in [-0.15, -0.1) is 11.3 Å². The molecule has 0 radical (unpaired) electrons. The van der Waals surface area contributed by atoms with Crippen molar-refractivity contribution in [2.24, 2.45) is 0 Å². The number of aryl methyl sites for hydroxylation is 2. The molecule has 2 aromatic heterocycles. The predicted octanol–water partition coefficient (Wildman–Crippen LogP) is 1.01. The second-order valence-electron chi connectivity index (χ2n) is 4.62. The Kier molecular flexibility index (Phi) is 4.69. The number of carbonyl (C=O) groups is 2. The number of amides is 1. The number of nitrogens with zero attached hydrogens (tertiary/aromatic N) is 3. The van der Waals surface area contributed by atoms with Gasteiger partial charge < -0.3 is 10.4 Å². The molecule has 0 saturated carbocycles. The Morgan fingerprint density at radius 2 is 2.19 bits per heavy atom. The topological polar surface area (TPSA) is 97.1 Å². The lowest BCUT2D eigenvalue weighted by Gasteiger charge is -2.05. The van der Waals surface area contributed by atoms with Crippen molar-refractivity contribution in [3.63, 3.8) is 0 Å². The number of aromatic carboxylic acids is 1. The molecule has 0 unspecified atom stereocenters. The minimum absolute atomic E-state index is 0.0453. The van der Waals surface area contributed by atoms with Gasteiger partial charge in [0.05, 0.1) is 10.7 Å². The summed E-state index contributed by atoms with van der Waals surface area (Å²) in [6.45, 7) is 4.38. The van der Waals surface area contributed by atoms with Crippen molar-refractivity contribution in [1.82, 2.24) is 20.1 Å². The normalized spacial score (nSPS) is 10.6. The van der Waals surface area contributed by atoms with E-state index in [1.807, 2.05) is 19.9 Å². The van der Waals surface area contributed by atoms with Crippen LogP contribution < -0.4 is 5.32 Å². The van der Waals surface area contributed by atoms with Crippen molar-refractivity contribution >= 4 is 23.2 Å². The van der Waals surface area contributed by atoms with Crippen LogP contribution in [0.2, 0.25) is 0 Å². The highest BCUT2D eigenvalue weighted by atomic mass is 32.1. The number of hydrogen-bond acceptors (Lipinski definition) is 5. The Bertz CT molecular complexity index is 662. The van der Waals surface area contributed by atoms with Crippen LogP contribution in [0.25, 0.3) is 0 Å². The van der Waals surface area contributed by atoms with E-state index >= 15 is 0 Å². The lowest BCUT2D eigenvalue weighted by Crippen LogP contribution is -2.30. The van der Waals surface area contributed by atoms with Gasteiger partial charge in [0.15, 0.2) is 5.69 Å². The summed E-state index contributed by atoms with van der Waals surface area (Å²) in [4.78, 5) is 26.5. The average molecular weight is 308 g/mol. The van der Waals surface area contributed by atoms with Gasteiger partial charge in [-0.05, 0) is 19.9 Å². The summed E-state index contributed by atoms with van der Waals surface area (Å²) in [7, 11) is 0. The van der Waals surface area contributed by atoms with E-state index in [1.54, 1.807) is 4.68 Å². The van der Waals surface area contributed by atoms with Crippen molar-refractivity contribution in [2.75, 3.05) is 6.54 Å². The second kappa shape index (κ2) is 6.49. The Balaban J connectivity index is 1.78. The Labute approximate surface area is 125 Å². The molecule has 0 spiro atoms. The maximum atomic E-state index is 11.8. The molecule has 2 rings (SSSR count). The smallest absolute Gasteiger partial charge is 0.355 e. The third kappa shape index (κ3) is 4.12. The lowest BCUT2D eigenvalue weighted by molar-refractivity contribution is -0.121. The molecule has 0 saturated heterocycles. The Morgan fingerprint density at radius 3 is 2.76 bits per heavy atom. The first-order valence-electron chi connectivity index (χ1n) is 6.41. The summed E-state index contributed by atoms with van der Waals surface area (Å²) in [6.07, 6.45) is 0.515. The van der Waals surface area contributed by atoms with Gasteiger partial charge in [-0.1, -0.05) is 0 Å². The average Bonchev–Trinajstić information content (AvgIpc) is 2.97. The van der Waals surface area contributed by atoms with Crippen molar-refractivity contribution in [1.29, 1.82) is 0 Å². The number of carboxylic acids is 1. The highest BCUT2D eigenvalue weighted by Gasteiger charge is 2.10. The van der Waals surface area contributed by atoms with E-state index in [2.05, 4.69) is 15.4 Å². The maximum Gasteiger partial charge on any atom is 0.355 e. The number of thiazole rings is 1. The third-order valence-corrected chi connectivity index (χ3v) is 3.74. The van der Waals surface area contributed by atoms with Gasteiger partial charge in [-0.3, -0.25) is 9.48 Å². The highest BCUT2D eigenvalue weighted by molar-refractivity contribution is 7.09. The van der Waals surface area contributed by atoms with Crippen LogP contribution in [0.1, 0.15) is 26.9 Å². The van der Waals surface area contributed by atoms with Gasteiger partial charge >= 0.3 is 5.97 Å². The zero-order valence-corrected chi connectivity index (χ0v) is 12.6. The van der Waals surface area contributed by atoms with E-state index < -0.39 is 5.97 Å². The first kappa shape index (κ1) is 15.2. The van der Waals surface area contributed by atoms with Gasteiger partial charge in [-0.25, -0.2) is 9.78 Å². The van der Waals surface area contributed by atoms with Crippen LogP contribution >= 0.6 is 11.3 Å². The third-order valence-electron chi connectivity index (χ3n) is 2.83. The zero-order chi connectivity index (χ0) is 15.4. The molecule has 0 bridgehead atoms. The number of aromatic nitrogens is 3. The summed E-state index contributed by atoms with van der Waals surface area (Å²) in [5.41, 5.74) is 1.86. The summed E-state index contributed by atoms with van der Waals surface area (Å²) in [5, 5.41) is 18.0. The molecule has 1 amide bonds. The van der Waals surface area contributed by atoms with E-state index in [4.69, 9.17) is 5.11 Å². The maximum absolute atomic E-state index is 11.8. The second-order valence-corrected chi connectivity index (χ2v) is 5.56. The summed E-state index contributed by atoms with van der Waals surface area (Å²) in [5.74, 6) is -1.16.